The number of nitrogens with one attached hydrogen (secondary N) is 1. The first-order chi connectivity index (χ1) is 11.9. The molecule has 2 amide bonds. The Balaban J connectivity index is 1.95. The molecule has 0 fully saturated rings. The van der Waals surface area contributed by atoms with E-state index >= 15 is 0 Å². The van der Waals surface area contributed by atoms with Gasteiger partial charge in [-0.15, -0.1) is 0 Å². The molecule has 0 heterocycles. The molecule has 0 spiro atoms. The summed E-state index contributed by atoms with van der Waals surface area (Å²) in [6.45, 7) is -0.0337. The van der Waals surface area contributed by atoms with E-state index in [0.29, 0.717) is 22.6 Å². The van der Waals surface area contributed by atoms with Crippen molar-refractivity contribution in [1.82, 2.24) is 4.90 Å². The van der Waals surface area contributed by atoms with Crippen LogP contribution in [0.2, 0.25) is 0 Å². The lowest BCUT2D eigenvalue weighted by molar-refractivity contribution is -0.130. The van der Waals surface area contributed by atoms with E-state index in [4.69, 9.17) is 22.7 Å². The minimum Gasteiger partial charge on any atom is -0.484 e. The van der Waals surface area contributed by atoms with Crippen molar-refractivity contribution in [1.29, 1.82) is 0 Å². The average molecular weight is 357 g/mol. The van der Waals surface area contributed by atoms with Crippen molar-refractivity contribution in [3.8, 4) is 5.75 Å². The van der Waals surface area contributed by atoms with Gasteiger partial charge in [-0.05, 0) is 36.4 Å². The number of hydrogen-bond acceptors (Lipinski definition) is 4. The third-order valence-corrected chi connectivity index (χ3v) is 3.64. The minimum absolute atomic E-state index is 0.0337. The Morgan fingerprint density at radius 3 is 2.12 bits per heavy atom. The molecule has 7 heteroatoms. The van der Waals surface area contributed by atoms with Crippen LogP contribution >= 0.6 is 12.2 Å². The molecule has 0 aliphatic carbocycles. The molecule has 25 heavy (non-hydrogen) atoms. The highest BCUT2D eigenvalue weighted by Gasteiger charge is 2.08. The quantitative estimate of drug-likeness (QED) is 0.773. The standard InChI is InChI=1S/C18H19N3O3S/c1-21(2)16(22)11-24-15-9-7-14(8-10-15)20-18(23)13-5-3-12(4-6-13)17(19)25/h3-10H,11H2,1-2H3,(H2,19,25)(H,20,23). The van der Waals surface area contributed by atoms with Gasteiger partial charge in [0.2, 0.25) is 0 Å². The molecule has 0 aliphatic rings. The average Bonchev–Trinajstić information content (AvgIpc) is 2.60. The molecule has 0 bridgehead atoms. The lowest BCUT2D eigenvalue weighted by Crippen LogP contribution is -2.27. The molecule has 0 unspecified atom stereocenters. The number of nitrogens with two attached hydrogens (primary N) is 1. The largest absolute Gasteiger partial charge is 0.484 e. The van der Waals surface area contributed by atoms with E-state index in [0.717, 1.165) is 0 Å². The summed E-state index contributed by atoms with van der Waals surface area (Å²) in [4.78, 5) is 25.4. The molecule has 0 aromatic heterocycles. The highest BCUT2D eigenvalue weighted by molar-refractivity contribution is 7.80. The van der Waals surface area contributed by atoms with Crippen LogP contribution in [-0.2, 0) is 4.79 Å². The van der Waals surface area contributed by atoms with Crippen LogP contribution in [-0.4, -0.2) is 42.4 Å². The summed E-state index contributed by atoms with van der Waals surface area (Å²) in [7, 11) is 3.33. The van der Waals surface area contributed by atoms with Gasteiger partial charge in [0, 0.05) is 30.9 Å². The van der Waals surface area contributed by atoms with E-state index in [-0.39, 0.29) is 23.4 Å². The second kappa shape index (κ2) is 8.25. The smallest absolute Gasteiger partial charge is 0.259 e. The van der Waals surface area contributed by atoms with Gasteiger partial charge in [0.05, 0.1) is 0 Å². The molecule has 2 aromatic rings. The first kappa shape index (κ1) is 18.4. The predicted octanol–water partition coefficient (Wildman–Crippen LogP) is 2.04. The van der Waals surface area contributed by atoms with Crippen LogP contribution in [0.1, 0.15) is 15.9 Å². The lowest BCUT2D eigenvalue weighted by atomic mass is 10.1. The second-order valence-electron chi connectivity index (χ2n) is 5.50. The summed E-state index contributed by atoms with van der Waals surface area (Å²) < 4.78 is 5.38. The summed E-state index contributed by atoms with van der Waals surface area (Å²) in [6, 6.07) is 13.5. The third kappa shape index (κ3) is 5.29. The summed E-state index contributed by atoms with van der Waals surface area (Å²) in [6.07, 6.45) is 0. The number of ether oxygens (including phenoxy) is 1. The van der Waals surface area contributed by atoms with Crippen LogP contribution in [0.3, 0.4) is 0 Å². The van der Waals surface area contributed by atoms with Crippen LogP contribution < -0.4 is 15.8 Å². The number of benzene rings is 2. The Bertz CT molecular complexity index is 771. The number of hydrogen-bond donors (Lipinski definition) is 2. The zero-order valence-corrected chi connectivity index (χ0v) is 14.8. The van der Waals surface area contributed by atoms with Gasteiger partial charge in [0.1, 0.15) is 10.7 Å². The first-order valence-corrected chi connectivity index (χ1v) is 7.92. The molecular formula is C18H19N3O3S. The summed E-state index contributed by atoms with van der Waals surface area (Å²) >= 11 is 4.88. The number of carbonyl (C=O) groups excluding carboxylic acids is 2. The molecule has 0 radical (unpaired) electrons. The van der Waals surface area contributed by atoms with E-state index < -0.39 is 0 Å². The molecule has 0 atom stereocenters. The van der Waals surface area contributed by atoms with Gasteiger partial charge in [-0.1, -0.05) is 24.4 Å². The van der Waals surface area contributed by atoms with Gasteiger partial charge in [-0.3, -0.25) is 9.59 Å². The molecule has 2 rings (SSSR count). The predicted molar refractivity (Wildman–Crippen MR) is 101 cm³/mol. The molecular weight excluding hydrogens is 338 g/mol. The molecule has 0 aliphatic heterocycles. The van der Waals surface area contributed by atoms with E-state index in [1.54, 1.807) is 62.6 Å². The van der Waals surface area contributed by atoms with Crippen LogP contribution in [0.5, 0.6) is 5.75 Å². The van der Waals surface area contributed by atoms with Crippen molar-refractivity contribution in [2.24, 2.45) is 5.73 Å². The minimum atomic E-state index is -0.244. The maximum Gasteiger partial charge on any atom is 0.259 e. The first-order valence-electron chi connectivity index (χ1n) is 7.51. The van der Waals surface area contributed by atoms with Crippen molar-refractivity contribution in [2.75, 3.05) is 26.0 Å². The van der Waals surface area contributed by atoms with Gasteiger partial charge in [0.25, 0.3) is 11.8 Å². The molecule has 0 saturated carbocycles. The van der Waals surface area contributed by atoms with Crippen molar-refractivity contribution < 1.29 is 14.3 Å². The number of anilines is 1. The lowest BCUT2D eigenvalue weighted by Gasteiger charge is -2.12. The fourth-order valence-corrected chi connectivity index (χ4v) is 2.03. The summed E-state index contributed by atoms with van der Waals surface area (Å²) in [5, 5.41) is 2.78. The molecule has 0 saturated heterocycles. The van der Waals surface area contributed by atoms with E-state index in [1.165, 1.54) is 4.90 Å². The Kier molecular flexibility index (Phi) is 6.08. The van der Waals surface area contributed by atoms with Gasteiger partial charge in [-0.25, -0.2) is 0 Å². The van der Waals surface area contributed by atoms with E-state index in [2.05, 4.69) is 5.32 Å². The normalized spacial score (nSPS) is 10.0. The molecule has 130 valence electrons. The number of carbonyl (C=O) groups is 2. The van der Waals surface area contributed by atoms with Gasteiger partial charge in [0.15, 0.2) is 6.61 Å². The zero-order valence-electron chi connectivity index (χ0n) is 14.0. The Morgan fingerprint density at radius 2 is 1.60 bits per heavy atom. The molecule has 6 nitrogen and oxygen atoms in total. The molecule has 2 aromatic carbocycles. The van der Waals surface area contributed by atoms with E-state index in [9.17, 15) is 9.59 Å². The fourth-order valence-electron chi connectivity index (χ4n) is 1.90. The van der Waals surface area contributed by atoms with Gasteiger partial charge >= 0.3 is 0 Å². The summed E-state index contributed by atoms with van der Waals surface area (Å²) in [5.74, 6) is 0.178. The highest BCUT2D eigenvalue weighted by atomic mass is 32.1. The summed E-state index contributed by atoms with van der Waals surface area (Å²) in [5.41, 5.74) is 7.36. The Hall–Kier alpha value is -2.93. The van der Waals surface area contributed by atoms with Crippen LogP contribution in [0.15, 0.2) is 48.5 Å². The highest BCUT2D eigenvalue weighted by Crippen LogP contribution is 2.17. The van der Waals surface area contributed by atoms with Crippen molar-refractivity contribution in [2.45, 2.75) is 0 Å². The van der Waals surface area contributed by atoms with Crippen LogP contribution in [0.4, 0.5) is 5.69 Å². The number of likely N-dealkylation sites (N-methyl/N-ethyl adjacent to an activating group) is 1. The van der Waals surface area contributed by atoms with Gasteiger partial charge < -0.3 is 20.7 Å². The van der Waals surface area contributed by atoms with Crippen molar-refractivity contribution in [3.63, 3.8) is 0 Å². The fraction of sp³-hybridized carbons (Fsp3) is 0.167. The second-order valence-corrected chi connectivity index (χ2v) is 5.94. The zero-order chi connectivity index (χ0) is 18.4. The van der Waals surface area contributed by atoms with Crippen LogP contribution in [0, 0.1) is 0 Å². The maximum atomic E-state index is 12.2. The Morgan fingerprint density at radius 1 is 1.04 bits per heavy atom. The topological polar surface area (TPSA) is 84.7 Å². The number of amides is 2. The molecule has 3 N–H and O–H groups in total. The van der Waals surface area contributed by atoms with E-state index in [1.807, 2.05) is 0 Å². The van der Waals surface area contributed by atoms with Crippen molar-refractivity contribution >= 4 is 34.7 Å². The number of nitrogens with zero attached hydrogens (tertiary/aromatic N) is 1. The SMILES string of the molecule is CN(C)C(=O)COc1ccc(NC(=O)c2ccc(C(N)=S)cc2)cc1. The monoisotopic (exact) mass is 357 g/mol. The number of thiocarbonyl (C=S) groups is 1. The van der Waals surface area contributed by atoms with Crippen molar-refractivity contribution in [3.05, 3.63) is 59.7 Å². The third-order valence-electron chi connectivity index (χ3n) is 3.40. The Labute approximate surface area is 151 Å². The number of rotatable bonds is 6. The maximum absolute atomic E-state index is 12.2. The van der Waals surface area contributed by atoms with Crippen LogP contribution in [0.25, 0.3) is 0 Å². The van der Waals surface area contributed by atoms with Gasteiger partial charge in [-0.2, -0.15) is 0 Å².